The molecular weight excluding hydrogens is 324 g/mol. The van der Waals surface area contributed by atoms with E-state index in [1.807, 2.05) is 0 Å². The summed E-state index contributed by atoms with van der Waals surface area (Å²) in [7, 11) is 0. The van der Waals surface area contributed by atoms with Crippen molar-refractivity contribution in [3.05, 3.63) is 83.5 Å². The molecule has 0 aliphatic rings. The molecule has 0 aliphatic heterocycles. The highest BCUT2D eigenvalue weighted by atomic mass is 14.1. The summed E-state index contributed by atoms with van der Waals surface area (Å²) in [5, 5.41) is 5.45. The summed E-state index contributed by atoms with van der Waals surface area (Å²) < 4.78 is 0. The highest BCUT2D eigenvalue weighted by Gasteiger charge is 2.09. The van der Waals surface area contributed by atoms with Gasteiger partial charge in [0.2, 0.25) is 0 Å². The van der Waals surface area contributed by atoms with Gasteiger partial charge >= 0.3 is 0 Å². The van der Waals surface area contributed by atoms with Gasteiger partial charge in [-0.15, -0.1) is 0 Å². The highest BCUT2D eigenvalue weighted by molar-refractivity contribution is 6.09. The minimum Gasteiger partial charge on any atom is -0.0874 e. The van der Waals surface area contributed by atoms with Crippen LogP contribution >= 0.6 is 0 Å². The van der Waals surface area contributed by atoms with E-state index in [4.69, 9.17) is 0 Å². The Hall–Kier alpha value is -2.34. The van der Waals surface area contributed by atoms with Crippen molar-refractivity contribution in [3.8, 4) is 0 Å². The van der Waals surface area contributed by atoms with Gasteiger partial charge in [0.25, 0.3) is 0 Å². The van der Waals surface area contributed by atoms with Crippen LogP contribution in [0, 0.1) is 12.8 Å². The van der Waals surface area contributed by atoms with Crippen molar-refractivity contribution < 1.29 is 0 Å². The van der Waals surface area contributed by atoms with Crippen LogP contribution in [0.4, 0.5) is 0 Å². The van der Waals surface area contributed by atoms with Crippen LogP contribution in [-0.4, -0.2) is 0 Å². The second-order valence-electron chi connectivity index (χ2n) is 7.84. The molecule has 0 aliphatic carbocycles. The average Bonchev–Trinajstić information content (AvgIpc) is 2.67. The fraction of sp³-hybridized carbons (Fsp3) is 0.333. The number of fused-ring (bicyclic) bond motifs is 3. The topological polar surface area (TPSA) is 0 Å². The molecule has 1 atom stereocenters. The predicted molar refractivity (Wildman–Crippen MR) is 121 cm³/mol. The van der Waals surface area contributed by atoms with Crippen molar-refractivity contribution in [2.24, 2.45) is 5.92 Å². The van der Waals surface area contributed by atoms with Crippen molar-refractivity contribution in [1.29, 1.82) is 0 Å². The third-order valence-electron chi connectivity index (χ3n) is 5.39. The van der Waals surface area contributed by atoms with E-state index in [2.05, 4.69) is 94.5 Å². The Bertz CT molecular complexity index is 972. The molecule has 0 saturated carbocycles. The second kappa shape index (κ2) is 9.04. The molecule has 0 heteroatoms. The standard InChI is InChI=1S/C27H32/c1-5-7-11-20(3)16-22(10-6-2)18-24-19-23-15-14-21(4)17-27(23)26-13-9-8-12-25(24)26/h6,8-10,12-17,19-20H,5,7,11,18H2,1-4H3. The molecule has 0 heterocycles. The quantitative estimate of drug-likeness (QED) is 0.296. The first kappa shape index (κ1) is 19.4. The number of unbranched alkanes of at least 4 members (excludes halogenated alkanes) is 1. The summed E-state index contributed by atoms with van der Waals surface area (Å²) in [5.74, 6) is 0.630. The number of hydrogen-bond donors (Lipinski definition) is 0. The van der Waals surface area contributed by atoms with Crippen LogP contribution in [-0.2, 0) is 6.42 Å². The number of aryl methyl sites for hydroxylation is 1. The Labute approximate surface area is 164 Å². The smallest absolute Gasteiger partial charge is 0.00226 e. The van der Waals surface area contributed by atoms with Gasteiger partial charge in [-0.25, -0.2) is 0 Å². The highest BCUT2D eigenvalue weighted by Crippen LogP contribution is 2.31. The zero-order valence-corrected chi connectivity index (χ0v) is 17.3. The molecular formula is C27H32. The molecule has 0 N–H and O–H groups in total. The lowest BCUT2D eigenvalue weighted by molar-refractivity contribution is 0.595. The van der Waals surface area contributed by atoms with Crippen molar-refractivity contribution >= 4 is 21.5 Å². The fourth-order valence-electron chi connectivity index (χ4n) is 4.02. The van der Waals surface area contributed by atoms with Gasteiger partial charge < -0.3 is 0 Å². The molecule has 0 fully saturated rings. The first-order valence-electron chi connectivity index (χ1n) is 10.4. The molecule has 0 amide bonds. The zero-order valence-electron chi connectivity index (χ0n) is 17.3. The Balaban J connectivity index is 2.06. The minimum atomic E-state index is 0.630. The predicted octanol–water partition coefficient (Wildman–Crippen LogP) is 8.17. The first-order valence-corrected chi connectivity index (χ1v) is 10.4. The van der Waals surface area contributed by atoms with Crippen LogP contribution < -0.4 is 0 Å². The lowest BCUT2D eigenvalue weighted by atomic mass is 9.91. The van der Waals surface area contributed by atoms with Gasteiger partial charge in [-0.05, 0) is 65.3 Å². The van der Waals surface area contributed by atoms with Gasteiger partial charge in [-0.2, -0.15) is 0 Å². The minimum absolute atomic E-state index is 0.630. The van der Waals surface area contributed by atoms with E-state index in [1.54, 1.807) is 0 Å². The van der Waals surface area contributed by atoms with Crippen molar-refractivity contribution in [2.45, 2.75) is 53.4 Å². The molecule has 0 saturated heterocycles. The third kappa shape index (κ3) is 4.69. The van der Waals surface area contributed by atoms with E-state index >= 15 is 0 Å². The monoisotopic (exact) mass is 356 g/mol. The Morgan fingerprint density at radius 2 is 1.78 bits per heavy atom. The van der Waals surface area contributed by atoms with Crippen LogP contribution in [0.2, 0.25) is 0 Å². The first-order chi connectivity index (χ1) is 13.1. The molecule has 0 bridgehead atoms. The Morgan fingerprint density at radius 3 is 2.52 bits per heavy atom. The molecule has 27 heavy (non-hydrogen) atoms. The van der Waals surface area contributed by atoms with E-state index in [-0.39, 0.29) is 0 Å². The third-order valence-corrected chi connectivity index (χ3v) is 5.39. The van der Waals surface area contributed by atoms with Crippen LogP contribution in [0.3, 0.4) is 0 Å². The summed E-state index contributed by atoms with van der Waals surface area (Å²) in [6, 6.07) is 18.1. The van der Waals surface area contributed by atoms with Gasteiger partial charge in [-0.1, -0.05) is 99.0 Å². The molecule has 0 nitrogen and oxygen atoms in total. The summed E-state index contributed by atoms with van der Waals surface area (Å²) in [6.07, 6.45) is 11.8. The maximum atomic E-state index is 2.48. The van der Waals surface area contributed by atoms with Crippen LogP contribution in [0.25, 0.3) is 21.5 Å². The van der Waals surface area contributed by atoms with E-state index in [1.165, 1.54) is 57.5 Å². The van der Waals surface area contributed by atoms with Gasteiger partial charge in [0.05, 0.1) is 0 Å². The molecule has 3 aromatic rings. The second-order valence-corrected chi connectivity index (χ2v) is 7.84. The SMILES string of the molecule is CC=CC(=CC(C)CCCC)Cc1cc2ccc(C)cc2c2ccccc12. The summed E-state index contributed by atoms with van der Waals surface area (Å²) in [4.78, 5) is 0. The number of benzene rings is 3. The van der Waals surface area contributed by atoms with Crippen molar-refractivity contribution in [3.63, 3.8) is 0 Å². The van der Waals surface area contributed by atoms with Gasteiger partial charge in [0, 0.05) is 0 Å². The van der Waals surface area contributed by atoms with Crippen molar-refractivity contribution in [1.82, 2.24) is 0 Å². The molecule has 0 radical (unpaired) electrons. The van der Waals surface area contributed by atoms with E-state index in [0.29, 0.717) is 5.92 Å². The summed E-state index contributed by atoms with van der Waals surface area (Å²) in [5.41, 5.74) is 4.17. The van der Waals surface area contributed by atoms with E-state index < -0.39 is 0 Å². The fourth-order valence-corrected chi connectivity index (χ4v) is 4.02. The maximum Gasteiger partial charge on any atom is -0.00226 e. The molecule has 0 aromatic heterocycles. The molecule has 3 rings (SSSR count). The molecule has 140 valence electrons. The van der Waals surface area contributed by atoms with Crippen molar-refractivity contribution in [2.75, 3.05) is 0 Å². The summed E-state index contributed by atoms with van der Waals surface area (Å²) in [6.45, 7) is 8.91. The zero-order chi connectivity index (χ0) is 19.2. The largest absolute Gasteiger partial charge is 0.0874 e. The van der Waals surface area contributed by atoms with Gasteiger partial charge in [-0.3, -0.25) is 0 Å². The van der Waals surface area contributed by atoms with Crippen LogP contribution in [0.5, 0.6) is 0 Å². The molecule has 0 spiro atoms. The number of hydrogen-bond acceptors (Lipinski definition) is 0. The van der Waals surface area contributed by atoms with Crippen LogP contribution in [0.1, 0.15) is 51.2 Å². The average molecular weight is 357 g/mol. The van der Waals surface area contributed by atoms with E-state index in [9.17, 15) is 0 Å². The lowest BCUT2D eigenvalue weighted by Crippen LogP contribution is -1.96. The lowest BCUT2D eigenvalue weighted by Gasteiger charge is -2.13. The summed E-state index contributed by atoms with van der Waals surface area (Å²) >= 11 is 0. The van der Waals surface area contributed by atoms with Gasteiger partial charge in [0.1, 0.15) is 0 Å². The van der Waals surface area contributed by atoms with Crippen LogP contribution in [0.15, 0.2) is 72.3 Å². The number of allylic oxidation sites excluding steroid dienone is 4. The molecule has 3 aromatic carbocycles. The number of rotatable bonds is 7. The maximum absolute atomic E-state index is 2.48. The normalized spacial score (nSPS) is 13.7. The van der Waals surface area contributed by atoms with Gasteiger partial charge in [0.15, 0.2) is 0 Å². The Kier molecular flexibility index (Phi) is 6.50. The Morgan fingerprint density at radius 1 is 1.00 bits per heavy atom. The van der Waals surface area contributed by atoms with E-state index in [0.717, 1.165) is 6.42 Å². The molecule has 1 unspecified atom stereocenters.